The zero-order valence-electron chi connectivity index (χ0n) is 11.1. The van der Waals surface area contributed by atoms with Crippen LogP contribution in [0.25, 0.3) is 10.9 Å². The third-order valence-corrected chi connectivity index (χ3v) is 4.00. The summed E-state index contributed by atoms with van der Waals surface area (Å²) in [6.07, 6.45) is 0. The number of hydrogen-bond donors (Lipinski definition) is 0. The quantitative estimate of drug-likeness (QED) is 0.811. The van der Waals surface area contributed by atoms with Gasteiger partial charge in [-0.3, -0.25) is 9.36 Å². The molecule has 0 aliphatic heterocycles. The predicted molar refractivity (Wildman–Crippen MR) is 84.7 cm³/mol. The van der Waals surface area contributed by atoms with Gasteiger partial charge < -0.3 is 4.90 Å². The molecule has 0 saturated heterocycles. The molecule has 0 fully saturated rings. The van der Waals surface area contributed by atoms with Crippen molar-refractivity contribution in [3.05, 3.63) is 37.3 Å². The minimum atomic E-state index is 0.00588. The summed E-state index contributed by atoms with van der Waals surface area (Å²) in [5.41, 5.74) is 0.721. The molecule has 0 aliphatic rings. The van der Waals surface area contributed by atoms with Gasteiger partial charge >= 0.3 is 0 Å². The molecule has 2 aromatic rings. The number of aromatic nitrogens is 2. The van der Waals surface area contributed by atoms with E-state index in [0.29, 0.717) is 17.4 Å². The maximum absolute atomic E-state index is 12.5. The molecule has 6 heteroatoms. The predicted octanol–water partition coefficient (Wildman–Crippen LogP) is 2.79. The van der Waals surface area contributed by atoms with Crippen LogP contribution in [0.4, 0.5) is 0 Å². The Balaban J connectivity index is 2.64. The van der Waals surface area contributed by atoms with E-state index in [1.54, 1.807) is 4.57 Å². The van der Waals surface area contributed by atoms with Crippen molar-refractivity contribution in [1.29, 1.82) is 0 Å². The van der Waals surface area contributed by atoms with Crippen molar-refractivity contribution in [3.8, 4) is 0 Å². The van der Waals surface area contributed by atoms with Crippen LogP contribution in [0.2, 0.25) is 0 Å². The molecule has 0 atom stereocenters. The maximum Gasteiger partial charge on any atom is 0.261 e. The lowest BCUT2D eigenvalue weighted by molar-refractivity contribution is 0.378. The first-order chi connectivity index (χ1) is 8.90. The van der Waals surface area contributed by atoms with E-state index in [-0.39, 0.29) is 5.56 Å². The Hall–Kier alpha value is -0.720. The Kier molecular flexibility index (Phi) is 4.43. The minimum absolute atomic E-state index is 0.00588. The summed E-state index contributed by atoms with van der Waals surface area (Å²) in [6.45, 7) is 3.32. The molecule has 0 saturated carbocycles. The topological polar surface area (TPSA) is 38.1 Å². The highest BCUT2D eigenvalue weighted by molar-refractivity contribution is 9.11. The number of hydrogen-bond acceptors (Lipinski definition) is 3. The Labute approximate surface area is 128 Å². The van der Waals surface area contributed by atoms with Gasteiger partial charge in [-0.2, -0.15) is 0 Å². The van der Waals surface area contributed by atoms with Gasteiger partial charge in [0.2, 0.25) is 0 Å². The Morgan fingerprint density at radius 1 is 1.32 bits per heavy atom. The molecule has 0 spiro atoms. The summed E-state index contributed by atoms with van der Waals surface area (Å²) in [5.74, 6) is 0.738. The second-order valence-corrected chi connectivity index (χ2v) is 6.47. The van der Waals surface area contributed by atoms with Crippen molar-refractivity contribution in [2.24, 2.45) is 0 Å². The van der Waals surface area contributed by atoms with Crippen LogP contribution in [0.3, 0.4) is 0 Å². The Morgan fingerprint density at radius 2 is 2.00 bits per heavy atom. The molecule has 1 heterocycles. The fraction of sp³-hybridized carbons (Fsp3) is 0.385. The largest absolute Gasteiger partial charge is 0.308 e. The molecular formula is C13H15Br2N3O. The average molecular weight is 389 g/mol. The van der Waals surface area contributed by atoms with Gasteiger partial charge in [-0.25, -0.2) is 4.98 Å². The van der Waals surface area contributed by atoms with Crippen molar-refractivity contribution in [2.45, 2.75) is 13.5 Å². The molecule has 1 aromatic heterocycles. The van der Waals surface area contributed by atoms with Crippen molar-refractivity contribution in [3.63, 3.8) is 0 Å². The molecule has 0 unspecified atom stereocenters. The van der Waals surface area contributed by atoms with Gasteiger partial charge in [-0.1, -0.05) is 15.9 Å². The van der Waals surface area contributed by atoms with Crippen molar-refractivity contribution < 1.29 is 0 Å². The van der Waals surface area contributed by atoms with Crippen LogP contribution in [0.15, 0.2) is 25.9 Å². The van der Waals surface area contributed by atoms with Crippen LogP contribution in [0.1, 0.15) is 5.82 Å². The normalized spacial score (nSPS) is 11.5. The molecule has 19 heavy (non-hydrogen) atoms. The molecule has 0 bridgehead atoms. The minimum Gasteiger partial charge on any atom is -0.308 e. The van der Waals surface area contributed by atoms with Gasteiger partial charge in [-0.05, 0) is 49.1 Å². The second kappa shape index (κ2) is 5.73. The highest BCUT2D eigenvalue weighted by Gasteiger charge is 2.11. The van der Waals surface area contributed by atoms with E-state index >= 15 is 0 Å². The number of halogens is 2. The molecule has 4 nitrogen and oxygen atoms in total. The first kappa shape index (κ1) is 14.7. The number of benzene rings is 1. The number of rotatable bonds is 3. The van der Waals surface area contributed by atoms with Crippen LogP contribution in [-0.2, 0) is 6.54 Å². The molecule has 0 aliphatic carbocycles. The van der Waals surface area contributed by atoms with Crippen LogP contribution in [-0.4, -0.2) is 35.1 Å². The van der Waals surface area contributed by atoms with Crippen molar-refractivity contribution in [2.75, 3.05) is 20.6 Å². The summed E-state index contributed by atoms with van der Waals surface area (Å²) in [6, 6.07) is 3.72. The number of fused-ring (bicyclic) bond motifs is 1. The number of likely N-dealkylation sites (N-methyl/N-ethyl adjacent to an activating group) is 1. The summed E-state index contributed by atoms with van der Waals surface area (Å²) in [7, 11) is 3.98. The van der Waals surface area contributed by atoms with Gasteiger partial charge in [0, 0.05) is 22.0 Å². The summed E-state index contributed by atoms with van der Waals surface area (Å²) >= 11 is 6.86. The van der Waals surface area contributed by atoms with Crippen LogP contribution < -0.4 is 5.56 Å². The van der Waals surface area contributed by atoms with E-state index in [4.69, 9.17) is 0 Å². The molecular weight excluding hydrogens is 374 g/mol. The summed E-state index contributed by atoms with van der Waals surface area (Å²) < 4.78 is 3.42. The van der Waals surface area contributed by atoms with Gasteiger partial charge in [0.25, 0.3) is 5.56 Å². The third-order valence-electron chi connectivity index (χ3n) is 2.94. The van der Waals surface area contributed by atoms with Crippen molar-refractivity contribution in [1.82, 2.24) is 14.5 Å². The van der Waals surface area contributed by atoms with E-state index in [0.717, 1.165) is 21.3 Å². The lowest BCUT2D eigenvalue weighted by Crippen LogP contribution is -2.29. The second-order valence-electron chi connectivity index (χ2n) is 4.70. The van der Waals surface area contributed by atoms with Crippen LogP contribution >= 0.6 is 31.9 Å². The van der Waals surface area contributed by atoms with Gasteiger partial charge in [0.15, 0.2) is 0 Å². The molecule has 0 amide bonds. The molecule has 1 aromatic carbocycles. The van der Waals surface area contributed by atoms with E-state index in [9.17, 15) is 4.79 Å². The van der Waals surface area contributed by atoms with Gasteiger partial charge in [0.05, 0.1) is 10.9 Å². The smallest absolute Gasteiger partial charge is 0.261 e. The van der Waals surface area contributed by atoms with E-state index < -0.39 is 0 Å². The van der Waals surface area contributed by atoms with E-state index in [1.165, 1.54) is 0 Å². The van der Waals surface area contributed by atoms with E-state index in [1.807, 2.05) is 38.1 Å². The fourth-order valence-electron chi connectivity index (χ4n) is 1.92. The Morgan fingerprint density at radius 3 is 2.63 bits per heavy atom. The summed E-state index contributed by atoms with van der Waals surface area (Å²) in [4.78, 5) is 19.1. The Bertz CT molecular complexity index is 680. The summed E-state index contributed by atoms with van der Waals surface area (Å²) in [5, 5.41) is 0.630. The van der Waals surface area contributed by atoms with Gasteiger partial charge in [-0.15, -0.1) is 0 Å². The number of nitrogens with zero attached hydrogens (tertiary/aromatic N) is 3. The molecule has 102 valence electrons. The third kappa shape index (κ3) is 3.07. The fourth-order valence-corrected chi connectivity index (χ4v) is 3.23. The first-order valence-corrected chi connectivity index (χ1v) is 7.49. The molecule has 0 N–H and O–H groups in total. The van der Waals surface area contributed by atoms with Crippen molar-refractivity contribution >= 4 is 42.8 Å². The lowest BCUT2D eigenvalue weighted by atomic mass is 10.2. The monoisotopic (exact) mass is 387 g/mol. The van der Waals surface area contributed by atoms with Crippen LogP contribution in [0, 0.1) is 6.92 Å². The highest BCUT2D eigenvalue weighted by atomic mass is 79.9. The zero-order valence-corrected chi connectivity index (χ0v) is 14.2. The SMILES string of the molecule is Cc1nc2c(Br)cc(Br)cc2c(=O)n1CCN(C)C. The maximum atomic E-state index is 12.5. The average Bonchev–Trinajstić information content (AvgIpc) is 2.30. The molecule has 2 rings (SSSR count). The van der Waals surface area contributed by atoms with E-state index in [2.05, 4.69) is 36.8 Å². The number of aryl methyl sites for hydroxylation is 1. The molecule has 0 radical (unpaired) electrons. The highest BCUT2D eigenvalue weighted by Crippen LogP contribution is 2.25. The van der Waals surface area contributed by atoms with Gasteiger partial charge in [0.1, 0.15) is 5.82 Å². The zero-order chi connectivity index (χ0) is 14.2. The first-order valence-electron chi connectivity index (χ1n) is 5.91. The van der Waals surface area contributed by atoms with Crippen LogP contribution in [0.5, 0.6) is 0 Å². The lowest BCUT2D eigenvalue weighted by Gasteiger charge is -2.14. The standard InChI is InChI=1S/C13H15Br2N3O/c1-8-16-12-10(6-9(14)7-11(12)15)13(19)18(8)5-4-17(2)3/h6-7H,4-5H2,1-3H3.